The molecule has 0 spiro atoms. The lowest BCUT2D eigenvalue weighted by molar-refractivity contribution is -0.130. The molecule has 64 valence electrons. The maximum absolute atomic E-state index is 9.23. The standard InChI is InChI=1S/C7H13NO3/c1-7(9,5-8)4-6(10-2)11-3/h6,9H,4H2,1-3H3. The second-order valence-corrected chi connectivity index (χ2v) is 2.49. The highest BCUT2D eigenvalue weighted by atomic mass is 16.7. The van der Waals surface area contributed by atoms with E-state index in [0.717, 1.165) is 0 Å². The van der Waals surface area contributed by atoms with E-state index < -0.39 is 11.9 Å². The number of rotatable bonds is 4. The van der Waals surface area contributed by atoms with Gasteiger partial charge in [-0.3, -0.25) is 0 Å². The molecule has 1 N–H and O–H groups in total. The van der Waals surface area contributed by atoms with Crippen LogP contribution in [0.3, 0.4) is 0 Å². The molecule has 0 saturated heterocycles. The lowest BCUT2D eigenvalue weighted by atomic mass is 10.1. The van der Waals surface area contributed by atoms with Crippen molar-refractivity contribution in [2.24, 2.45) is 0 Å². The molecule has 0 aromatic rings. The van der Waals surface area contributed by atoms with Gasteiger partial charge in [-0.05, 0) is 6.92 Å². The Balaban J connectivity index is 3.92. The fourth-order valence-corrected chi connectivity index (χ4v) is 0.633. The van der Waals surface area contributed by atoms with Crippen molar-refractivity contribution in [2.45, 2.75) is 25.2 Å². The summed E-state index contributed by atoms with van der Waals surface area (Å²) in [6.07, 6.45) is -0.374. The molecule has 0 bridgehead atoms. The minimum absolute atomic E-state index is 0.149. The maximum atomic E-state index is 9.23. The summed E-state index contributed by atoms with van der Waals surface area (Å²) in [6, 6.07) is 1.74. The molecule has 4 nitrogen and oxygen atoms in total. The summed E-state index contributed by atoms with van der Waals surface area (Å²) < 4.78 is 9.61. The number of ether oxygens (including phenoxy) is 2. The van der Waals surface area contributed by atoms with Crippen molar-refractivity contribution >= 4 is 0 Å². The van der Waals surface area contributed by atoms with E-state index in [1.807, 2.05) is 0 Å². The van der Waals surface area contributed by atoms with E-state index in [2.05, 4.69) is 0 Å². The van der Waals surface area contributed by atoms with E-state index >= 15 is 0 Å². The Morgan fingerprint density at radius 2 is 2.00 bits per heavy atom. The summed E-state index contributed by atoms with van der Waals surface area (Å²) >= 11 is 0. The van der Waals surface area contributed by atoms with E-state index in [1.165, 1.54) is 21.1 Å². The molecule has 1 unspecified atom stereocenters. The molecule has 0 aromatic carbocycles. The average Bonchev–Trinajstić information content (AvgIpc) is 2.00. The van der Waals surface area contributed by atoms with Crippen LogP contribution in [0.5, 0.6) is 0 Å². The zero-order valence-corrected chi connectivity index (χ0v) is 7.00. The third-order valence-corrected chi connectivity index (χ3v) is 1.33. The first-order valence-electron chi connectivity index (χ1n) is 3.25. The second-order valence-electron chi connectivity index (χ2n) is 2.49. The van der Waals surface area contributed by atoms with Gasteiger partial charge in [-0.25, -0.2) is 0 Å². The van der Waals surface area contributed by atoms with Gasteiger partial charge in [0.2, 0.25) is 0 Å². The molecule has 0 aliphatic carbocycles. The summed E-state index contributed by atoms with van der Waals surface area (Å²) in [5.74, 6) is 0. The van der Waals surface area contributed by atoms with Gasteiger partial charge < -0.3 is 14.6 Å². The minimum atomic E-state index is -1.38. The first kappa shape index (κ1) is 10.4. The topological polar surface area (TPSA) is 62.5 Å². The minimum Gasteiger partial charge on any atom is -0.375 e. The quantitative estimate of drug-likeness (QED) is 0.472. The van der Waals surface area contributed by atoms with Gasteiger partial charge in [0.15, 0.2) is 11.9 Å². The number of nitrogens with zero attached hydrogens (tertiary/aromatic N) is 1. The fourth-order valence-electron chi connectivity index (χ4n) is 0.633. The van der Waals surface area contributed by atoms with Crippen LogP contribution in [-0.4, -0.2) is 31.2 Å². The van der Waals surface area contributed by atoms with Crippen molar-refractivity contribution in [3.63, 3.8) is 0 Å². The zero-order chi connectivity index (χ0) is 8.91. The molecular weight excluding hydrogens is 146 g/mol. The van der Waals surface area contributed by atoms with Gasteiger partial charge in [-0.15, -0.1) is 0 Å². The van der Waals surface area contributed by atoms with Crippen LogP contribution in [-0.2, 0) is 9.47 Å². The normalized spacial score (nSPS) is 16.0. The first-order valence-corrected chi connectivity index (χ1v) is 3.25. The molecule has 0 saturated carbocycles. The van der Waals surface area contributed by atoms with Crippen LogP contribution in [0.4, 0.5) is 0 Å². The molecule has 0 radical (unpaired) electrons. The molecule has 0 fully saturated rings. The third kappa shape index (κ3) is 3.94. The molecule has 0 heterocycles. The number of aliphatic hydroxyl groups is 1. The van der Waals surface area contributed by atoms with Crippen LogP contribution >= 0.6 is 0 Å². The van der Waals surface area contributed by atoms with Crippen LogP contribution in [0, 0.1) is 11.3 Å². The van der Waals surface area contributed by atoms with E-state index in [9.17, 15) is 5.11 Å². The second kappa shape index (κ2) is 4.29. The molecule has 0 rings (SSSR count). The molecular formula is C7H13NO3. The highest BCUT2D eigenvalue weighted by Crippen LogP contribution is 2.12. The van der Waals surface area contributed by atoms with E-state index in [1.54, 1.807) is 6.07 Å². The van der Waals surface area contributed by atoms with Crippen molar-refractivity contribution in [2.75, 3.05) is 14.2 Å². The summed E-state index contributed by atoms with van der Waals surface area (Å²) in [5, 5.41) is 17.7. The predicted molar refractivity (Wildman–Crippen MR) is 38.7 cm³/mol. The largest absolute Gasteiger partial charge is 0.375 e. The Hall–Kier alpha value is -0.630. The molecule has 4 heteroatoms. The molecule has 11 heavy (non-hydrogen) atoms. The fraction of sp³-hybridized carbons (Fsp3) is 0.857. The molecule has 0 aromatic heterocycles. The summed E-state index contributed by atoms with van der Waals surface area (Å²) in [7, 11) is 2.92. The van der Waals surface area contributed by atoms with Gasteiger partial charge in [0.05, 0.1) is 6.07 Å². The SMILES string of the molecule is COC(CC(C)(O)C#N)OC. The summed E-state index contributed by atoms with van der Waals surface area (Å²) in [4.78, 5) is 0. The van der Waals surface area contributed by atoms with Gasteiger partial charge in [0.25, 0.3) is 0 Å². The van der Waals surface area contributed by atoms with E-state index in [0.29, 0.717) is 0 Å². The summed E-state index contributed by atoms with van der Waals surface area (Å²) in [5.41, 5.74) is -1.38. The maximum Gasteiger partial charge on any atom is 0.160 e. The van der Waals surface area contributed by atoms with Crippen molar-refractivity contribution in [1.29, 1.82) is 5.26 Å². The van der Waals surface area contributed by atoms with Gasteiger partial charge in [0.1, 0.15) is 0 Å². The monoisotopic (exact) mass is 159 g/mol. The number of hydrogen-bond acceptors (Lipinski definition) is 4. The lowest BCUT2D eigenvalue weighted by Crippen LogP contribution is -2.30. The smallest absolute Gasteiger partial charge is 0.160 e. The van der Waals surface area contributed by atoms with Crippen LogP contribution < -0.4 is 0 Å². The third-order valence-electron chi connectivity index (χ3n) is 1.33. The number of hydrogen-bond donors (Lipinski definition) is 1. The Labute approximate surface area is 66.3 Å². The number of methoxy groups -OCH3 is 2. The number of nitriles is 1. The Kier molecular flexibility index (Phi) is 4.04. The van der Waals surface area contributed by atoms with Crippen molar-refractivity contribution in [1.82, 2.24) is 0 Å². The van der Waals surface area contributed by atoms with Crippen LogP contribution in [0.2, 0.25) is 0 Å². The van der Waals surface area contributed by atoms with Crippen LogP contribution in [0.25, 0.3) is 0 Å². The van der Waals surface area contributed by atoms with E-state index in [4.69, 9.17) is 14.7 Å². The van der Waals surface area contributed by atoms with Gasteiger partial charge in [-0.2, -0.15) is 5.26 Å². The van der Waals surface area contributed by atoms with Crippen molar-refractivity contribution in [3.05, 3.63) is 0 Å². The zero-order valence-electron chi connectivity index (χ0n) is 7.00. The lowest BCUT2D eigenvalue weighted by Gasteiger charge is -2.19. The molecule has 0 aliphatic heterocycles. The van der Waals surface area contributed by atoms with Crippen molar-refractivity contribution < 1.29 is 14.6 Å². The van der Waals surface area contributed by atoms with Crippen LogP contribution in [0.1, 0.15) is 13.3 Å². The molecule has 0 aliphatic rings. The van der Waals surface area contributed by atoms with Gasteiger partial charge in [0, 0.05) is 20.6 Å². The summed E-state index contributed by atoms with van der Waals surface area (Å²) in [6.45, 7) is 1.41. The van der Waals surface area contributed by atoms with Gasteiger partial charge in [-0.1, -0.05) is 0 Å². The Morgan fingerprint density at radius 3 is 2.27 bits per heavy atom. The Bertz CT molecular complexity index is 146. The predicted octanol–water partition coefficient (Wildman–Crippen LogP) is 0.270. The molecule has 1 atom stereocenters. The molecule has 0 amide bonds. The van der Waals surface area contributed by atoms with E-state index in [-0.39, 0.29) is 6.42 Å². The Morgan fingerprint density at radius 1 is 1.55 bits per heavy atom. The average molecular weight is 159 g/mol. The van der Waals surface area contributed by atoms with Crippen LogP contribution in [0.15, 0.2) is 0 Å². The highest BCUT2D eigenvalue weighted by Gasteiger charge is 2.24. The van der Waals surface area contributed by atoms with Crippen molar-refractivity contribution in [3.8, 4) is 6.07 Å². The first-order chi connectivity index (χ1) is 5.05. The highest BCUT2D eigenvalue weighted by molar-refractivity contribution is 4.96. The van der Waals surface area contributed by atoms with Gasteiger partial charge >= 0.3 is 0 Å².